The Kier molecular flexibility index (Phi) is 4.50. The Bertz CT molecular complexity index is 368. The zero-order chi connectivity index (χ0) is 12.0. The summed E-state index contributed by atoms with van der Waals surface area (Å²) in [6, 6.07) is 1.70. The van der Waals surface area contributed by atoms with Gasteiger partial charge in [-0.3, -0.25) is 4.79 Å². The molecule has 0 saturated carbocycles. The van der Waals surface area contributed by atoms with E-state index in [0.717, 1.165) is 5.69 Å². The molecule has 1 N–H and O–H groups in total. The molecule has 0 saturated heterocycles. The van der Waals surface area contributed by atoms with Gasteiger partial charge in [-0.2, -0.15) is 4.98 Å². The second kappa shape index (κ2) is 5.89. The predicted octanol–water partition coefficient (Wildman–Crippen LogP) is 0.769. The van der Waals surface area contributed by atoms with E-state index in [9.17, 15) is 4.79 Å². The van der Waals surface area contributed by atoms with Crippen molar-refractivity contribution < 1.29 is 14.3 Å². The summed E-state index contributed by atoms with van der Waals surface area (Å²) in [6.07, 6.45) is 0. The number of aryl methyl sites for hydroxylation is 1. The van der Waals surface area contributed by atoms with E-state index < -0.39 is 0 Å². The average Bonchev–Trinajstić information content (AvgIpc) is 2.26. The zero-order valence-electron chi connectivity index (χ0n) is 9.61. The molecule has 88 valence electrons. The van der Waals surface area contributed by atoms with Gasteiger partial charge in [0.15, 0.2) is 0 Å². The van der Waals surface area contributed by atoms with E-state index >= 15 is 0 Å². The topological polar surface area (TPSA) is 73.3 Å². The number of methoxy groups -OCH3 is 1. The highest BCUT2D eigenvalue weighted by molar-refractivity contribution is 5.74. The third-order valence-electron chi connectivity index (χ3n) is 1.74. The molecule has 1 aromatic rings. The number of hydrogen-bond donors (Lipinski definition) is 1. The first kappa shape index (κ1) is 12.2. The lowest BCUT2D eigenvalue weighted by Gasteiger charge is -2.06. The van der Waals surface area contributed by atoms with Gasteiger partial charge in [0.1, 0.15) is 6.54 Å². The molecular formula is C10H15N3O3. The molecular weight excluding hydrogens is 210 g/mol. The maximum atomic E-state index is 11.1. The number of aromatic nitrogens is 2. The molecule has 0 amide bonds. The second-order valence-corrected chi connectivity index (χ2v) is 3.03. The molecule has 1 heterocycles. The molecule has 16 heavy (non-hydrogen) atoms. The third-order valence-corrected chi connectivity index (χ3v) is 1.74. The Morgan fingerprint density at radius 3 is 2.88 bits per heavy atom. The Balaban J connectivity index is 2.59. The normalized spacial score (nSPS) is 9.69. The molecule has 0 aliphatic carbocycles. The molecule has 0 spiro atoms. The molecule has 0 atom stereocenters. The van der Waals surface area contributed by atoms with Crippen molar-refractivity contribution in [1.82, 2.24) is 9.97 Å². The van der Waals surface area contributed by atoms with Crippen molar-refractivity contribution in [3.8, 4) is 5.88 Å². The van der Waals surface area contributed by atoms with Crippen LogP contribution in [0.25, 0.3) is 0 Å². The van der Waals surface area contributed by atoms with Gasteiger partial charge in [0.25, 0.3) is 0 Å². The minimum absolute atomic E-state index is 0.0421. The van der Waals surface area contributed by atoms with Crippen LogP contribution in [-0.2, 0) is 9.53 Å². The summed E-state index contributed by atoms with van der Waals surface area (Å²) in [5.41, 5.74) is 0.762. The molecule has 0 radical (unpaired) electrons. The minimum Gasteiger partial charge on any atom is -0.481 e. The molecule has 0 fully saturated rings. The molecule has 0 aliphatic rings. The Morgan fingerprint density at radius 2 is 2.25 bits per heavy atom. The maximum absolute atomic E-state index is 11.1. The summed E-state index contributed by atoms with van der Waals surface area (Å²) >= 11 is 0. The maximum Gasteiger partial charge on any atom is 0.325 e. The molecule has 0 aliphatic heterocycles. The van der Waals surface area contributed by atoms with Crippen molar-refractivity contribution in [1.29, 1.82) is 0 Å². The van der Waals surface area contributed by atoms with Crippen LogP contribution in [0, 0.1) is 6.92 Å². The van der Waals surface area contributed by atoms with Gasteiger partial charge in [-0.15, -0.1) is 0 Å². The standard InChI is InChI=1S/C10H15N3O3/c1-4-16-9(14)6-11-10-12-7(2)5-8(13-10)15-3/h5H,4,6H2,1-3H3,(H,11,12,13). The van der Waals surface area contributed by atoms with E-state index in [4.69, 9.17) is 9.47 Å². The van der Waals surface area contributed by atoms with Gasteiger partial charge in [-0.1, -0.05) is 0 Å². The van der Waals surface area contributed by atoms with E-state index in [1.165, 1.54) is 7.11 Å². The van der Waals surface area contributed by atoms with Crippen LogP contribution in [0.3, 0.4) is 0 Å². The number of esters is 1. The van der Waals surface area contributed by atoms with Gasteiger partial charge >= 0.3 is 5.97 Å². The summed E-state index contributed by atoms with van der Waals surface area (Å²) in [6.45, 7) is 3.97. The third kappa shape index (κ3) is 3.72. The first-order valence-corrected chi connectivity index (χ1v) is 4.95. The van der Waals surface area contributed by atoms with Crippen molar-refractivity contribution in [2.45, 2.75) is 13.8 Å². The van der Waals surface area contributed by atoms with Crippen molar-refractivity contribution in [2.24, 2.45) is 0 Å². The van der Waals surface area contributed by atoms with Gasteiger partial charge < -0.3 is 14.8 Å². The first-order valence-electron chi connectivity index (χ1n) is 4.95. The van der Waals surface area contributed by atoms with Crippen LogP contribution >= 0.6 is 0 Å². The van der Waals surface area contributed by atoms with Gasteiger partial charge in [0, 0.05) is 11.8 Å². The van der Waals surface area contributed by atoms with Crippen LogP contribution in [0.2, 0.25) is 0 Å². The first-order chi connectivity index (χ1) is 7.65. The van der Waals surface area contributed by atoms with E-state index in [2.05, 4.69) is 15.3 Å². The van der Waals surface area contributed by atoms with Crippen LogP contribution < -0.4 is 10.1 Å². The highest BCUT2D eigenvalue weighted by Crippen LogP contribution is 2.10. The zero-order valence-corrected chi connectivity index (χ0v) is 9.61. The number of ether oxygens (including phenoxy) is 2. The summed E-state index contributed by atoms with van der Waals surface area (Å²) in [4.78, 5) is 19.2. The summed E-state index contributed by atoms with van der Waals surface area (Å²) < 4.78 is 9.74. The lowest BCUT2D eigenvalue weighted by Crippen LogP contribution is -2.18. The molecule has 0 bridgehead atoms. The predicted molar refractivity (Wildman–Crippen MR) is 58.4 cm³/mol. The monoisotopic (exact) mass is 225 g/mol. The van der Waals surface area contributed by atoms with Crippen molar-refractivity contribution in [3.05, 3.63) is 11.8 Å². The fraction of sp³-hybridized carbons (Fsp3) is 0.500. The van der Waals surface area contributed by atoms with E-state index in [-0.39, 0.29) is 12.5 Å². The minimum atomic E-state index is -0.341. The smallest absolute Gasteiger partial charge is 0.325 e. The van der Waals surface area contributed by atoms with Gasteiger partial charge in [0.05, 0.1) is 13.7 Å². The second-order valence-electron chi connectivity index (χ2n) is 3.03. The number of nitrogens with zero attached hydrogens (tertiary/aromatic N) is 2. The number of carbonyl (C=O) groups excluding carboxylic acids is 1. The van der Waals surface area contributed by atoms with E-state index in [1.807, 2.05) is 6.92 Å². The largest absolute Gasteiger partial charge is 0.481 e. The Morgan fingerprint density at radius 1 is 1.50 bits per heavy atom. The van der Waals surface area contributed by atoms with Crippen molar-refractivity contribution >= 4 is 11.9 Å². The number of anilines is 1. The summed E-state index contributed by atoms with van der Waals surface area (Å²) in [5, 5.41) is 2.77. The lowest BCUT2D eigenvalue weighted by molar-refractivity contribution is -0.140. The van der Waals surface area contributed by atoms with Crippen LogP contribution in [0.5, 0.6) is 5.88 Å². The number of rotatable bonds is 5. The van der Waals surface area contributed by atoms with Gasteiger partial charge in [0.2, 0.25) is 11.8 Å². The fourth-order valence-electron chi connectivity index (χ4n) is 1.09. The Hall–Kier alpha value is -1.85. The SMILES string of the molecule is CCOC(=O)CNc1nc(C)cc(OC)n1. The van der Waals surface area contributed by atoms with Crippen molar-refractivity contribution in [2.75, 3.05) is 25.6 Å². The highest BCUT2D eigenvalue weighted by Gasteiger charge is 2.05. The molecule has 6 heteroatoms. The Labute approximate surface area is 94.0 Å². The van der Waals surface area contributed by atoms with Gasteiger partial charge in [-0.05, 0) is 13.8 Å². The fourth-order valence-corrected chi connectivity index (χ4v) is 1.09. The average molecular weight is 225 g/mol. The van der Waals surface area contributed by atoms with Crippen molar-refractivity contribution in [3.63, 3.8) is 0 Å². The van der Waals surface area contributed by atoms with E-state index in [1.54, 1.807) is 13.0 Å². The molecule has 0 unspecified atom stereocenters. The number of carbonyl (C=O) groups is 1. The van der Waals surface area contributed by atoms with E-state index in [0.29, 0.717) is 18.4 Å². The molecule has 0 aromatic carbocycles. The quantitative estimate of drug-likeness (QED) is 0.746. The van der Waals surface area contributed by atoms with Crippen LogP contribution in [0.4, 0.5) is 5.95 Å². The number of hydrogen-bond acceptors (Lipinski definition) is 6. The highest BCUT2D eigenvalue weighted by atomic mass is 16.5. The van der Waals surface area contributed by atoms with Crippen LogP contribution in [0.1, 0.15) is 12.6 Å². The summed E-state index contributed by atoms with van der Waals surface area (Å²) in [5.74, 6) is 0.468. The molecule has 1 aromatic heterocycles. The lowest BCUT2D eigenvalue weighted by atomic mass is 10.4. The van der Waals surface area contributed by atoms with Gasteiger partial charge in [-0.25, -0.2) is 4.98 Å². The number of nitrogens with one attached hydrogen (secondary N) is 1. The molecule has 1 rings (SSSR count). The molecule has 6 nitrogen and oxygen atoms in total. The summed E-state index contributed by atoms with van der Waals surface area (Å²) in [7, 11) is 1.52. The van der Waals surface area contributed by atoms with Crippen LogP contribution in [0.15, 0.2) is 6.07 Å². The van der Waals surface area contributed by atoms with Crippen LogP contribution in [-0.4, -0.2) is 36.2 Å².